The molecule has 174 valence electrons. The topological polar surface area (TPSA) is 120 Å². The van der Waals surface area contributed by atoms with E-state index in [1.165, 1.54) is 11.3 Å². The van der Waals surface area contributed by atoms with E-state index >= 15 is 0 Å². The van der Waals surface area contributed by atoms with Crippen LogP contribution < -0.4 is 10.6 Å². The molecule has 34 heavy (non-hydrogen) atoms. The van der Waals surface area contributed by atoms with E-state index in [0.29, 0.717) is 27.6 Å². The number of fused-ring (bicyclic) bond motifs is 1. The summed E-state index contributed by atoms with van der Waals surface area (Å²) in [4.78, 5) is 27.3. The van der Waals surface area contributed by atoms with Crippen molar-refractivity contribution in [1.82, 2.24) is 15.5 Å². The molecule has 0 radical (unpaired) electrons. The lowest BCUT2D eigenvalue weighted by Crippen LogP contribution is -2.25. The van der Waals surface area contributed by atoms with Gasteiger partial charge in [-0.1, -0.05) is 12.1 Å². The second-order valence-electron chi connectivity index (χ2n) is 8.27. The Bertz CT molecular complexity index is 1350. The summed E-state index contributed by atoms with van der Waals surface area (Å²) in [5, 5.41) is 23.6. The van der Waals surface area contributed by atoms with Crippen LogP contribution in [-0.2, 0) is 19.4 Å². The number of phenols is 1. The molecule has 9 heteroatoms. The molecule has 1 aromatic carbocycles. The van der Waals surface area contributed by atoms with Gasteiger partial charge in [-0.25, -0.2) is 0 Å². The van der Waals surface area contributed by atoms with Gasteiger partial charge in [-0.15, -0.1) is 11.3 Å². The largest absolute Gasteiger partial charge is 0.507 e. The van der Waals surface area contributed by atoms with Gasteiger partial charge < -0.3 is 20.2 Å². The SMILES string of the molecule is Cc1cccc(-c2cc(C(=O)Nc3sc4c(c3C(=O)NCc3ccco3)CCCC4)[nH]n2)c1O. The van der Waals surface area contributed by atoms with Crippen molar-refractivity contribution >= 4 is 28.2 Å². The van der Waals surface area contributed by atoms with E-state index in [1.807, 2.05) is 6.07 Å². The Morgan fingerprint density at radius 3 is 2.85 bits per heavy atom. The number of aromatic nitrogens is 2. The first-order chi connectivity index (χ1) is 16.5. The number of benzene rings is 1. The van der Waals surface area contributed by atoms with E-state index in [2.05, 4.69) is 20.8 Å². The number of rotatable bonds is 6. The van der Waals surface area contributed by atoms with Crippen molar-refractivity contribution in [3.63, 3.8) is 0 Å². The van der Waals surface area contributed by atoms with E-state index < -0.39 is 5.91 Å². The number of hydrogen-bond donors (Lipinski definition) is 4. The third kappa shape index (κ3) is 4.22. The number of furan rings is 1. The standard InChI is InChI=1S/C25H24N4O4S/c1-14-6-4-9-16(22(14)30)18-12-19(29-28-18)23(31)27-25-21(17-8-2-3-10-20(17)34-25)24(32)26-13-15-7-5-11-33-15/h4-7,9,11-12,30H,2-3,8,10,13H2,1H3,(H,26,32)(H,27,31)(H,28,29). The zero-order valence-corrected chi connectivity index (χ0v) is 19.4. The Balaban J connectivity index is 1.39. The van der Waals surface area contributed by atoms with Crippen molar-refractivity contribution in [1.29, 1.82) is 0 Å². The van der Waals surface area contributed by atoms with Gasteiger partial charge in [0.25, 0.3) is 11.8 Å². The fourth-order valence-corrected chi connectivity index (χ4v) is 5.46. The van der Waals surface area contributed by atoms with Gasteiger partial charge in [0.05, 0.1) is 24.1 Å². The van der Waals surface area contributed by atoms with Crippen LogP contribution in [0.4, 0.5) is 5.00 Å². The highest BCUT2D eigenvalue weighted by Crippen LogP contribution is 2.38. The summed E-state index contributed by atoms with van der Waals surface area (Å²) in [6, 6.07) is 10.5. The van der Waals surface area contributed by atoms with Gasteiger partial charge in [0.15, 0.2) is 0 Å². The lowest BCUT2D eigenvalue weighted by molar-refractivity contribution is 0.0948. The van der Waals surface area contributed by atoms with Gasteiger partial charge in [0.2, 0.25) is 0 Å². The predicted octanol–water partition coefficient (Wildman–Crippen LogP) is 4.81. The number of phenolic OH excluding ortho intramolecular Hbond substituents is 1. The molecular formula is C25H24N4O4S. The normalized spacial score (nSPS) is 12.9. The van der Waals surface area contributed by atoms with Gasteiger partial charge in [0.1, 0.15) is 22.2 Å². The number of para-hydroxylation sites is 1. The number of aryl methyl sites for hydroxylation is 2. The first kappa shape index (κ1) is 22.0. The second-order valence-corrected chi connectivity index (χ2v) is 9.37. The highest BCUT2D eigenvalue weighted by molar-refractivity contribution is 7.17. The number of carbonyl (C=O) groups excluding carboxylic acids is 2. The molecule has 1 aliphatic carbocycles. The van der Waals surface area contributed by atoms with Crippen molar-refractivity contribution in [2.75, 3.05) is 5.32 Å². The van der Waals surface area contributed by atoms with Gasteiger partial charge in [-0.2, -0.15) is 5.10 Å². The zero-order chi connectivity index (χ0) is 23.7. The maximum absolute atomic E-state index is 13.1. The first-order valence-electron chi connectivity index (χ1n) is 11.1. The average Bonchev–Trinajstić information content (AvgIpc) is 3.59. The maximum atomic E-state index is 13.1. The number of H-pyrrole nitrogens is 1. The smallest absolute Gasteiger partial charge is 0.274 e. The number of nitrogens with one attached hydrogen (secondary N) is 3. The molecule has 0 unspecified atom stereocenters. The highest BCUT2D eigenvalue weighted by atomic mass is 32.1. The van der Waals surface area contributed by atoms with E-state index in [9.17, 15) is 14.7 Å². The number of hydrogen-bond acceptors (Lipinski definition) is 6. The van der Waals surface area contributed by atoms with Crippen LogP contribution in [0.1, 0.15) is 55.5 Å². The van der Waals surface area contributed by atoms with Crippen LogP contribution >= 0.6 is 11.3 Å². The summed E-state index contributed by atoms with van der Waals surface area (Å²) in [5.41, 5.74) is 3.51. The van der Waals surface area contributed by atoms with Gasteiger partial charge in [-0.05, 0) is 68.0 Å². The molecule has 5 rings (SSSR count). The number of thiophene rings is 1. The van der Waals surface area contributed by atoms with E-state index in [0.717, 1.165) is 41.7 Å². The number of aromatic hydroxyl groups is 1. The Labute approximate surface area is 200 Å². The molecule has 0 aliphatic heterocycles. The molecule has 0 fully saturated rings. The molecule has 0 saturated heterocycles. The minimum Gasteiger partial charge on any atom is -0.507 e. The van der Waals surface area contributed by atoms with Gasteiger partial charge in [0, 0.05) is 10.4 Å². The number of anilines is 1. The summed E-state index contributed by atoms with van der Waals surface area (Å²) < 4.78 is 5.31. The summed E-state index contributed by atoms with van der Waals surface area (Å²) in [5.74, 6) is 0.153. The van der Waals surface area contributed by atoms with Crippen molar-refractivity contribution < 1.29 is 19.1 Å². The third-order valence-electron chi connectivity index (χ3n) is 5.96. The monoisotopic (exact) mass is 476 g/mol. The first-order valence-corrected chi connectivity index (χ1v) is 11.9. The van der Waals surface area contributed by atoms with Gasteiger partial charge in [-0.3, -0.25) is 14.7 Å². The van der Waals surface area contributed by atoms with E-state index in [-0.39, 0.29) is 23.9 Å². The molecule has 0 bridgehead atoms. The number of carbonyl (C=O) groups is 2. The molecule has 0 atom stereocenters. The predicted molar refractivity (Wildman–Crippen MR) is 129 cm³/mol. The Morgan fingerprint density at radius 1 is 1.18 bits per heavy atom. The lowest BCUT2D eigenvalue weighted by Gasteiger charge is -2.13. The van der Waals surface area contributed by atoms with Crippen molar-refractivity contribution in [2.24, 2.45) is 0 Å². The third-order valence-corrected chi connectivity index (χ3v) is 7.17. The quantitative estimate of drug-likeness (QED) is 0.318. The fraction of sp³-hybridized carbons (Fsp3) is 0.240. The molecule has 1 aliphatic rings. The van der Waals surface area contributed by atoms with Crippen LogP contribution in [0.5, 0.6) is 5.75 Å². The van der Waals surface area contributed by atoms with Crippen LogP contribution in [0.15, 0.2) is 47.1 Å². The van der Waals surface area contributed by atoms with E-state index in [1.54, 1.807) is 43.5 Å². The van der Waals surface area contributed by atoms with Crippen molar-refractivity contribution in [3.05, 3.63) is 75.7 Å². The molecule has 4 aromatic rings. The molecule has 0 saturated carbocycles. The van der Waals surface area contributed by atoms with Crippen LogP contribution in [-0.4, -0.2) is 27.1 Å². The average molecular weight is 477 g/mol. The summed E-state index contributed by atoms with van der Waals surface area (Å²) in [6.07, 6.45) is 5.35. The van der Waals surface area contributed by atoms with Crippen LogP contribution in [0.3, 0.4) is 0 Å². The Morgan fingerprint density at radius 2 is 2.03 bits per heavy atom. The zero-order valence-electron chi connectivity index (χ0n) is 18.6. The number of amides is 2. The van der Waals surface area contributed by atoms with Crippen LogP contribution in [0.25, 0.3) is 11.3 Å². The number of nitrogens with zero attached hydrogens (tertiary/aromatic N) is 1. The molecule has 4 N–H and O–H groups in total. The minimum absolute atomic E-state index is 0.127. The molecule has 3 aromatic heterocycles. The molecule has 0 spiro atoms. The van der Waals surface area contributed by atoms with Crippen molar-refractivity contribution in [2.45, 2.75) is 39.2 Å². The minimum atomic E-state index is -0.399. The summed E-state index contributed by atoms with van der Waals surface area (Å²) in [6.45, 7) is 2.07. The van der Waals surface area contributed by atoms with Crippen molar-refractivity contribution in [3.8, 4) is 17.0 Å². The molecule has 3 heterocycles. The fourth-order valence-electron chi connectivity index (χ4n) is 4.18. The summed E-state index contributed by atoms with van der Waals surface area (Å²) >= 11 is 1.45. The molecule has 2 amide bonds. The van der Waals surface area contributed by atoms with E-state index in [4.69, 9.17) is 4.42 Å². The lowest BCUT2D eigenvalue weighted by atomic mass is 9.95. The van der Waals surface area contributed by atoms with Gasteiger partial charge >= 0.3 is 0 Å². The Kier molecular flexibility index (Phi) is 5.93. The van der Waals surface area contributed by atoms with Crippen LogP contribution in [0, 0.1) is 6.92 Å². The Hall–Kier alpha value is -3.85. The molecule has 8 nitrogen and oxygen atoms in total. The summed E-state index contributed by atoms with van der Waals surface area (Å²) in [7, 11) is 0. The highest BCUT2D eigenvalue weighted by Gasteiger charge is 2.27. The molecular weight excluding hydrogens is 452 g/mol. The number of aromatic amines is 1. The second kappa shape index (κ2) is 9.18. The van der Waals surface area contributed by atoms with Crippen LogP contribution in [0.2, 0.25) is 0 Å². The maximum Gasteiger partial charge on any atom is 0.274 e.